The number of methoxy groups -OCH3 is 2. The van der Waals surface area contributed by atoms with E-state index in [9.17, 15) is 13.6 Å². The lowest BCUT2D eigenvalue weighted by atomic mass is 9.83. The van der Waals surface area contributed by atoms with Crippen LogP contribution in [-0.2, 0) is 4.79 Å². The molecular weight excluding hydrogens is 406 g/mol. The summed E-state index contributed by atoms with van der Waals surface area (Å²) < 4.78 is 40.4. The average molecular weight is 430 g/mol. The average Bonchev–Trinajstić information content (AvgIpc) is 3.11. The van der Waals surface area contributed by atoms with Gasteiger partial charge in [0.05, 0.1) is 30.8 Å². The number of benzene rings is 1. The number of ether oxygens (including phenoxy) is 2. The van der Waals surface area contributed by atoms with Crippen LogP contribution in [0.1, 0.15) is 38.1 Å². The van der Waals surface area contributed by atoms with Crippen molar-refractivity contribution in [2.75, 3.05) is 14.2 Å². The summed E-state index contributed by atoms with van der Waals surface area (Å²) in [5, 5.41) is 0. The van der Waals surface area contributed by atoms with Gasteiger partial charge in [0.15, 0.2) is 11.6 Å². The van der Waals surface area contributed by atoms with E-state index in [4.69, 9.17) is 15.2 Å². The Morgan fingerprint density at radius 2 is 1.81 bits per heavy atom. The van der Waals surface area contributed by atoms with E-state index in [1.165, 1.54) is 14.2 Å². The smallest absolute Gasteiger partial charge is 0.240 e. The number of primary amides is 1. The molecule has 2 N–H and O–H groups in total. The fraction of sp³-hybridized carbons (Fsp3) is 0.409. The highest BCUT2D eigenvalue weighted by atomic mass is 19.2. The molecule has 2 aromatic heterocycles. The molecule has 1 aromatic carbocycles. The maximum atomic E-state index is 14.2. The third-order valence-corrected chi connectivity index (χ3v) is 5.88. The number of fused-ring (bicyclic) bond motifs is 1. The number of carbonyl (C=O) groups excluding carboxylic acids is 1. The Hall–Kier alpha value is -3.23. The van der Waals surface area contributed by atoms with Crippen LogP contribution in [-0.4, -0.2) is 34.7 Å². The maximum absolute atomic E-state index is 14.2. The molecule has 0 saturated heterocycles. The largest absolute Gasteiger partial charge is 0.481 e. The van der Waals surface area contributed by atoms with Crippen molar-refractivity contribution in [3.63, 3.8) is 0 Å². The molecule has 2 heterocycles. The second kappa shape index (κ2) is 8.49. The van der Waals surface area contributed by atoms with E-state index < -0.39 is 23.6 Å². The van der Waals surface area contributed by atoms with Gasteiger partial charge in [-0.05, 0) is 24.8 Å². The van der Waals surface area contributed by atoms with Crippen molar-refractivity contribution in [3.05, 3.63) is 35.9 Å². The van der Waals surface area contributed by atoms with Gasteiger partial charge in [-0.2, -0.15) is 4.98 Å². The van der Waals surface area contributed by atoms with Crippen molar-refractivity contribution >= 4 is 16.9 Å². The predicted octanol–water partition coefficient (Wildman–Crippen LogP) is 4.00. The van der Waals surface area contributed by atoms with Crippen LogP contribution in [0.2, 0.25) is 0 Å². The van der Waals surface area contributed by atoms with Crippen LogP contribution < -0.4 is 15.2 Å². The first kappa shape index (κ1) is 21.0. The van der Waals surface area contributed by atoms with Crippen molar-refractivity contribution < 1.29 is 23.0 Å². The van der Waals surface area contributed by atoms with Crippen LogP contribution in [0.4, 0.5) is 8.78 Å². The number of nitrogens with zero attached hydrogens (tertiary/aromatic N) is 3. The monoisotopic (exact) mass is 430 g/mol. The van der Waals surface area contributed by atoms with E-state index in [0.29, 0.717) is 22.8 Å². The minimum Gasteiger partial charge on any atom is -0.481 e. The van der Waals surface area contributed by atoms with Gasteiger partial charge in [0, 0.05) is 18.2 Å². The molecule has 0 spiro atoms. The Morgan fingerprint density at radius 3 is 2.45 bits per heavy atom. The summed E-state index contributed by atoms with van der Waals surface area (Å²) >= 11 is 0. The molecule has 31 heavy (non-hydrogen) atoms. The zero-order valence-corrected chi connectivity index (χ0v) is 17.4. The third-order valence-electron chi connectivity index (χ3n) is 5.88. The summed E-state index contributed by atoms with van der Waals surface area (Å²) in [6.07, 6.45) is 4.68. The summed E-state index contributed by atoms with van der Waals surface area (Å²) in [5.74, 6) is -1.77. The second-order valence-corrected chi connectivity index (χ2v) is 7.72. The Balaban J connectivity index is 2.00. The summed E-state index contributed by atoms with van der Waals surface area (Å²) in [6, 6.07) is 4.63. The normalized spacial score (nSPS) is 15.7. The molecule has 7 nitrogen and oxygen atoms in total. The standard InChI is InChI=1S/C22H24F2N4O3/c1-30-18-9-8-13(22(27-18)31-2)21-26-16-10-14(23)15(24)11-17(16)28(21)19(20(25)29)12-6-4-3-5-7-12/h8-12,19H,3-7H2,1-2H3,(H2,25,29). The molecule has 0 aliphatic heterocycles. The Kier molecular flexibility index (Phi) is 5.75. The van der Waals surface area contributed by atoms with Gasteiger partial charge in [0.25, 0.3) is 0 Å². The van der Waals surface area contributed by atoms with Crippen LogP contribution in [0.25, 0.3) is 22.4 Å². The molecule has 1 atom stereocenters. The molecule has 164 valence electrons. The fourth-order valence-electron chi connectivity index (χ4n) is 4.45. The van der Waals surface area contributed by atoms with Gasteiger partial charge < -0.3 is 19.8 Å². The number of amides is 1. The molecule has 1 amide bonds. The number of carbonyl (C=O) groups is 1. The molecule has 9 heteroatoms. The minimum atomic E-state index is -1.02. The molecule has 0 bridgehead atoms. The van der Waals surface area contributed by atoms with E-state index in [1.54, 1.807) is 16.7 Å². The number of halogens is 2. The van der Waals surface area contributed by atoms with E-state index in [-0.39, 0.29) is 17.3 Å². The van der Waals surface area contributed by atoms with Crippen molar-refractivity contribution in [2.45, 2.75) is 38.1 Å². The first-order valence-corrected chi connectivity index (χ1v) is 10.2. The van der Waals surface area contributed by atoms with Gasteiger partial charge in [-0.1, -0.05) is 19.3 Å². The summed E-state index contributed by atoms with van der Waals surface area (Å²) in [4.78, 5) is 21.5. The van der Waals surface area contributed by atoms with Crippen LogP contribution in [0.5, 0.6) is 11.8 Å². The molecule has 0 radical (unpaired) electrons. The van der Waals surface area contributed by atoms with Crippen molar-refractivity contribution in [1.82, 2.24) is 14.5 Å². The molecule has 1 aliphatic rings. The Morgan fingerprint density at radius 1 is 1.10 bits per heavy atom. The van der Waals surface area contributed by atoms with Gasteiger partial charge in [-0.15, -0.1) is 0 Å². The van der Waals surface area contributed by atoms with Crippen molar-refractivity contribution in [2.24, 2.45) is 11.7 Å². The molecule has 1 fully saturated rings. The second-order valence-electron chi connectivity index (χ2n) is 7.72. The Bertz CT molecular complexity index is 1130. The van der Waals surface area contributed by atoms with E-state index in [2.05, 4.69) is 9.97 Å². The van der Waals surface area contributed by atoms with Gasteiger partial charge >= 0.3 is 0 Å². The number of pyridine rings is 1. The van der Waals surface area contributed by atoms with Gasteiger partial charge in [-0.3, -0.25) is 4.79 Å². The van der Waals surface area contributed by atoms with Crippen molar-refractivity contribution in [1.29, 1.82) is 0 Å². The summed E-state index contributed by atoms with van der Waals surface area (Å²) in [5.41, 5.74) is 6.83. The van der Waals surface area contributed by atoms with E-state index in [1.807, 2.05) is 0 Å². The Labute approximate surface area is 178 Å². The maximum Gasteiger partial charge on any atom is 0.240 e. The molecule has 3 aromatic rings. The lowest BCUT2D eigenvalue weighted by molar-refractivity contribution is -0.122. The quantitative estimate of drug-likeness (QED) is 0.638. The fourth-order valence-corrected chi connectivity index (χ4v) is 4.45. The number of nitrogens with two attached hydrogens (primary N) is 1. The first-order chi connectivity index (χ1) is 14.9. The number of aromatic nitrogens is 3. The molecule has 1 aliphatic carbocycles. The highest BCUT2D eigenvalue weighted by Gasteiger charge is 2.34. The van der Waals surface area contributed by atoms with Crippen LogP contribution in [0, 0.1) is 17.6 Å². The van der Waals surface area contributed by atoms with Gasteiger partial charge in [0.1, 0.15) is 11.9 Å². The van der Waals surface area contributed by atoms with Gasteiger partial charge in [-0.25, -0.2) is 13.8 Å². The highest BCUT2D eigenvalue weighted by Crippen LogP contribution is 2.40. The predicted molar refractivity (Wildman–Crippen MR) is 111 cm³/mol. The SMILES string of the molecule is COc1ccc(-c2nc3cc(F)c(F)cc3n2C(C(N)=O)C2CCCCC2)c(OC)n1. The molecule has 1 saturated carbocycles. The number of imidazole rings is 1. The lowest BCUT2D eigenvalue weighted by Gasteiger charge is -2.30. The minimum absolute atomic E-state index is 0.0345. The molecule has 1 unspecified atom stereocenters. The first-order valence-electron chi connectivity index (χ1n) is 10.2. The molecule has 4 rings (SSSR count). The third kappa shape index (κ3) is 3.80. The van der Waals surface area contributed by atoms with Crippen molar-refractivity contribution in [3.8, 4) is 23.1 Å². The van der Waals surface area contributed by atoms with E-state index in [0.717, 1.165) is 44.2 Å². The topological polar surface area (TPSA) is 92.3 Å². The van der Waals surface area contributed by atoms with Crippen LogP contribution >= 0.6 is 0 Å². The highest BCUT2D eigenvalue weighted by molar-refractivity contribution is 5.87. The van der Waals surface area contributed by atoms with Crippen LogP contribution in [0.3, 0.4) is 0 Å². The lowest BCUT2D eigenvalue weighted by Crippen LogP contribution is -2.34. The molecular formula is C22H24F2N4O3. The summed E-state index contributed by atoms with van der Waals surface area (Å²) in [7, 11) is 2.93. The number of hydrogen-bond donors (Lipinski definition) is 1. The van der Waals surface area contributed by atoms with Crippen LogP contribution in [0.15, 0.2) is 24.3 Å². The summed E-state index contributed by atoms with van der Waals surface area (Å²) in [6.45, 7) is 0. The zero-order chi connectivity index (χ0) is 22.1. The zero-order valence-electron chi connectivity index (χ0n) is 17.4. The van der Waals surface area contributed by atoms with E-state index >= 15 is 0 Å². The number of hydrogen-bond acceptors (Lipinski definition) is 5. The van der Waals surface area contributed by atoms with Gasteiger partial charge in [0.2, 0.25) is 17.7 Å². The number of rotatable bonds is 6.